The summed E-state index contributed by atoms with van der Waals surface area (Å²) < 4.78 is 42.5. The number of ether oxygens (including phenoxy) is 3. The normalized spacial score (nSPS) is 12.8. The van der Waals surface area contributed by atoms with Gasteiger partial charge in [-0.25, -0.2) is 8.42 Å². The number of methoxy groups -OCH3 is 3. The van der Waals surface area contributed by atoms with Crippen LogP contribution in [-0.2, 0) is 19.6 Å². The van der Waals surface area contributed by atoms with Crippen molar-refractivity contribution in [3.8, 4) is 11.5 Å². The molecule has 7 nitrogen and oxygen atoms in total. The molecule has 0 amide bonds. The van der Waals surface area contributed by atoms with Gasteiger partial charge in [-0.2, -0.15) is 4.72 Å². The fourth-order valence-electron chi connectivity index (χ4n) is 2.05. The number of carbonyl (C=O) groups excluding carboxylic acids is 1. The third-order valence-electron chi connectivity index (χ3n) is 3.15. The Bertz CT molecular complexity index is 641. The van der Waals surface area contributed by atoms with Gasteiger partial charge in [-0.1, -0.05) is 13.8 Å². The van der Waals surface area contributed by atoms with Gasteiger partial charge in [0.25, 0.3) is 0 Å². The van der Waals surface area contributed by atoms with Crippen molar-refractivity contribution in [3.05, 3.63) is 18.2 Å². The molecule has 0 bridgehead atoms. The maximum atomic E-state index is 12.6. The Hall–Kier alpha value is -1.80. The van der Waals surface area contributed by atoms with E-state index in [1.54, 1.807) is 6.07 Å². The minimum absolute atomic E-state index is 0.1000. The molecule has 130 valence electrons. The van der Waals surface area contributed by atoms with Crippen molar-refractivity contribution in [2.45, 2.75) is 31.2 Å². The van der Waals surface area contributed by atoms with Gasteiger partial charge >= 0.3 is 5.97 Å². The van der Waals surface area contributed by atoms with Gasteiger partial charge < -0.3 is 14.2 Å². The first-order valence-electron chi connectivity index (χ1n) is 7.07. The van der Waals surface area contributed by atoms with Crippen LogP contribution in [0.4, 0.5) is 0 Å². The van der Waals surface area contributed by atoms with Gasteiger partial charge in [-0.3, -0.25) is 4.79 Å². The number of hydrogen-bond acceptors (Lipinski definition) is 6. The topological polar surface area (TPSA) is 90.9 Å². The highest BCUT2D eigenvalue weighted by atomic mass is 32.2. The third-order valence-corrected chi connectivity index (χ3v) is 4.64. The molecular weight excluding hydrogens is 322 g/mol. The minimum atomic E-state index is -3.99. The molecule has 1 rings (SSSR count). The van der Waals surface area contributed by atoms with Crippen LogP contribution in [0, 0.1) is 5.92 Å². The molecule has 0 aromatic heterocycles. The van der Waals surface area contributed by atoms with Crippen molar-refractivity contribution >= 4 is 16.0 Å². The van der Waals surface area contributed by atoms with Crippen LogP contribution in [0.2, 0.25) is 0 Å². The molecule has 1 N–H and O–H groups in total. The van der Waals surface area contributed by atoms with Gasteiger partial charge in [0.1, 0.15) is 22.4 Å². The lowest BCUT2D eigenvalue weighted by atomic mass is 10.1. The van der Waals surface area contributed by atoms with E-state index in [0.29, 0.717) is 12.2 Å². The molecule has 0 fully saturated rings. The lowest BCUT2D eigenvalue weighted by Gasteiger charge is -2.19. The lowest BCUT2D eigenvalue weighted by Crippen LogP contribution is -2.42. The van der Waals surface area contributed by atoms with E-state index in [1.165, 1.54) is 33.5 Å². The molecule has 0 unspecified atom stereocenters. The highest BCUT2D eigenvalue weighted by Crippen LogP contribution is 2.28. The van der Waals surface area contributed by atoms with Crippen molar-refractivity contribution in [2.24, 2.45) is 5.92 Å². The first-order valence-corrected chi connectivity index (χ1v) is 8.55. The quantitative estimate of drug-likeness (QED) is 0.719. The number of rotatable bonds is 8. The van der Waals surface area contributed by atoms with E-state index in [9.17, 15) is 13.2 Å². The summed E-state index contributed by atoms with van der Waals surface area (Å²) in [5.74, 6) is -0.00532. The fourth-order valence-corrected chi connectivity index (χ4v) is 3.43. The summed E-state index contributed by atoms with van der Waals surface area (Å²) in [5.41, 5.74) is 0. The van der Waals surface area contributed by atoms with Crippen LogP contribution in [0.3, 0.4) is 0 Å². The zero-order chi connectivity index (χ0) is 17.6. The van der Waals surface area contributed by atoms with Crippen molar-refractivity contribution < 1.29 is 27.4 Å². The highest BCUT2D eigenvalue weighted by Gasteiger charge is 2.29. The predicted octanol–water partition coefficient (Wildman–Crippen LogP) is 1.57. The SMILES string of the molecule is COC(=O)[C@H](CC(C)C)NS(=O)(=O)c1cc(OC)ccc1OC. The molecule has 0 radical (unpaired) electrons. The summed E-state index contributed by atoms with van der Waals surface area (Å²) in [6.07, 6.45) is 0.318. The molecule has 0 saturated carbocycles. The Labute approximate surface area is 137 Å². The van der Waals surface area contributed by atoms with E-state index < -0.39 is 22.0 Å². The molecule has 0 aliphatic rings. The van der Waals surface area contributed by atoms with Gasteiger partial charge in [-0.15, -0.1) is 0 Å². The summed E-state index contributed by atoms with van der Waals surface area (Å²) in [6, 6.07) is 3.44. The van der Waals surface area contributed by atoms with Gasteiger partial charge in [0, 0.05) is 6.07 Å². The average molecular weight is 345 g/mol. The van der Waals surface area contributed by atoms with E-state index in [-0.39, 0.29) is 16.6 Å². The summed E-state index contributed by atoms with van der Waals surface area (Å²) in [7, 11) is 0.0269. The molecule has 23 heavy (non-hydrogen) atoms. The van der Waals surface area contributed by atoms with E-state index in [0.717, 1.165) is 0 Å². The van der Waals surface area contributed by atoms with Crippen LogP contribution in [0.5, 0.6) is 11.5 Å². The molecule has 1 atom stereocenters. The Morgan fingerprint density at radius 2 is 1.83 bits per heavy atom. The van der Waals surface area contributed by atoms with Crippen LogP contribution in [-0.4, -0.2) is 41.8 Å². The third kappa shape index (κ3) is 5.11. The lowest BCUT2D eigenvalue weighted by molar-refractivity contribution is -0.143. The molecule has 0 aliphatic heterocycles. The number of benzene rings is 1. The van der Waals surface area contributed by atoms with E-state index in [2.05, 4.69) is 9.46 Å². The van der Waals surface area contributed by atoms with E-state index in [4.69, 9.17) is 9.47 Å². The number of sulfonamides is 1. The maximum absolute atomic E-state index is 12.6. The maximum Gasteiger partial charge on any atom is 0.323 e. The average Bonchev–Trinajstić information content (AvgIpc) is 2.52. The van der Waals surface area contributed by atoms with Crippen LogP contribution < -0.4 is 14.2 Å². The number of carbonyl (C=O) groups is 1. The fraction of sp³-hybridized carbons (Fsp3) is 0.533. The largest absolute Gasteiger partial charge is 0.497 e. The van der Waals surface area contributed by atoms with Gasteiger partial charge in [0.2, 0.25) is 10.0 Å². The second-order valence-electron chi connectivity index (χ2n) is 5.34. The molecular formula is C15H23NO6S. The van der Waals surface area contributed by atoms with Crippen LogP contribution in [0.15, 0.2) is 23.1 Å². The standard InChI is InChI=1S/C15H23NO6S/c1-10(2)8-12(15(17)22-5)16-23(18,19)14-9-11(20-3)6-7-13(14)21-4/h6-7,9-10,12,16H,8H2,1-5H3/t12-/m0/s1. The Morgan fingerprint density at radius 3 is 2.30 bits per heavy atom. The molecule has 0 spiro atoms. The van der Waals surface area contributed by atoms with E-state index in [1.807, 2.05) is 13.8 Å². The first kappa shape index (κ1) is 19.2. The monoisotopic (exact) mass is 345 g/mol. The molecule has 0 heterocycles. The zero-order valence-electron chi connectivity index (χ0n) is 14.0. The predicted molar refractivity (Wildman–Crippen MR) is 85.1 cm³/mol. The van der Waals surface area contributed by atoms with Crippen molar-refractivity contribution in [1.29, 1.82) is 0 Å². The van der Waals surface area contributed by atoms with Crippen molar-refractivity contribution in [2.75, 3.05) is 21.3 Å². The Balaban J connectivity index is 3.21. The number of hydrogen-bond donors (Lipinski definition) is 1. The van der Waals surface area contributed by atoms with Crippen LogP contribution >= 0.6 is 0 Å². The molecule has 0 aliphatic carbocycles. The van der Waals surface area contributed by atoms with Gasteiger partial charge in [0.05, 0.1) is 21.3 Å². The second kappa shape index (κ2) is 8.16. The number of nitrogens with one attached hydrogen (secondary N) is 1. The Morgan fingerprint density at radius 1 is 1.17 bits per heavy atom. The molecule has 1 aromatic carbocycles. The van der Waals surface area contributed by atoms with Crippen molar-refractivity contribution in [1.82, 2.24) is 4.72 Å². The molecule has 0 saturated heterocycles. The minimum Gasteiger partial charge on any atom is -0.497 e. The summed E-state index contributed by atoms with van der Waals surface area (Å²) >= 11 is 0. The summed E-state index contributed by atoms with van der Waals surface area (Å²) in [6.45, 7) is 3.77. The second-order valence-corrected chi connectivity index (χ2v) is 7.03. The van der Waals surface area contributed by atoms with Crippen LogP contribution in [0.25, 0.3) is 0 Å². The van der Waals surface area contributed by atoms with Crippen molar-refractivity contribution in [3.63, 3.8) is 0 Å². The summed E-state index contributed by atoms with van der Waals surface area (Å²) in [5, 5.41) is 0. The van der Waals surface area contributed by atoms with E-state index >= 15 is 0 Å². The Kier molecular flexibility index (Phi) is 6.83. The zero-order valence-corrected chi connectivity index (χ0v) is 14.8. The van der Waals surface area contributed by atoms with Gasteiger partial charge in [-0.05, 0) is 24.5 Å². The summed E-state index contributed by atoms with van der Waals surface area (Å²) in [4.78, 5) is 11.7. The van der Waals surface area contributed by atoms with Gasteiger partial charge in [0.15, 0.2) is 0 Å². The smallest absolute Gasteiger partial charge is 0.323 e. The highest BCUT2D eigenvalue weighted by molar-refractivity contribution is 7.89. The molecule has 1 aromatic rings. The first-order chi connectivity index (χ1) is 10.7. The molecule has 8 heteroatoms. The number of esters is 1. The van der Waals surface area contributed by atoms with Crippen LogP contribution in [0.1, 0.15) is 20.3 Å².